The summed E-state index contributed by atoms with van der Waals surface area (Å²) in [6.45, 7) is 7.84. The number of nitrogens with zero attached hydrogens (tertiary/aromatic N) is 5. The van der Waals surface area contributed by atoms with Crippen LogP contribution in [-0.4, -0.2) is 31.7 Å². The van der Waals surface area contributed by atoms with Crippen LogP contribution in [-0.2, 0) is 0 Å². The zero-order valence-electron chi connectivity index (χ0n) is 17.1. The summed E-state index contributed by atoms with van der Waals surface area (Å²) in [5.41, 5.74) is 13.1. The molecule has 0 bridgehead atoms. The third-order valence-electron chi connectivity index (χ3n) is 4.73. The highest BCUT2D eigenvalue weighted by atomic mass is 16.5. The molecule has 7 heteroatoms. The number of nitrogens with two attached hydrogens (primary N) is 1. The summed E-state index contributed by atoms with van der Waals surface area (Å²) in [4.78, 5) is 13.6. The highest BCUT2D eigenvalue weighted by Crippen LogP contribution is 2.29. The topological polar surface area (TPSA) is 91.2 Å². The summed E-state index contributed by atoms with van der Waals surface area (Å²) in [6, 6.07) is 7.53. The van der Waals surface area contributed by atoms with Gasteiger partial charge in [-0.25, -0.2) is 9.97 Å². The van der Waals surface area contributed by atoms with E-state index in [0.29, 0.717) is 23.0 Å². The summed E-state index contributed by atoms with van der Waals surface area (Å²) >= 11 is 0. The van der Waals surface area contributed by atoms with Crippen LogP contribution in [0.1, 0.15) is 18.2 Å². The number of rotatable bonds is 5. The first kappa shape index (κ1) is 19.3. The molecule has 0 aliphatic heterocycles. The molecule has 4 aromatic heterocycles. The molecule has 4 rings (SSSR count). The predicted molar refractivity (Wildman–Crippen MR) is 119 cm³/mol. The Morgan fingerprint density at radius 1 is 1.13 bits per heavy atom. The van der Waals surface area contributed by atoms with Gasteiger partial charge in [-0.1, -0.05) is 24.3 Å². The molecule has 0 unspecified atom stereocenters. The van der Waals surface area contributed by atoms with E-state index in [9.17, 15) is 0 Å². The molecule has 0 aliphatic rings. The van der Waals surface area contributed by atoms with Crippen LogP contribution in [0.15, 0.2) is 61.1 Å². The van der Waals surface area contributed by atoms with E-state index in [1.807, 2.05) is 38.3 Å². The number of anilines is 1. The SMILES string of the molecule is C=C(C)C=Cc1cc(-c2cnn3c(N)cc(-c4ccc(OC)nc4)nc23)cnc1C. The summed E-state index contributed by atoms with van der Waals surface area (Å²) in [6.07, 6.45) is 9.27. The number of fused-ring (bicyclic) bond motifs is 1. The molecule has 0 aromatic carbocycles. The van der Waals surface area contributed by atoms with Gasteiger partial charge in [0.05, 0.1) is 19.0 Å². The maximum atomic E-state index is 6.26. The maximum absolute atomic E-state index is 6.26. The van der Waals surface area contributed by atoms with E-state index in [2.05, 4.69) is 27.7 Å². The number of allylic oxidation sites excluding steroid dienone is 2. The lowest BCUT2D eigenvalue weighted by Crippen LogP contribution is -2.01. The van der Waals surface area contributed by atoms with Gasteiger partial charge in [-0.15, -0.1) is 0 Å². The van der Waals surface area contributed by atoms with Gasteiger partial charge in [-0.3, -0.25) is 4.98 Å². The number of hydrogen-bond acceptors (Lipinski definition) is 6. The fourth-order valence-corrected chi connectivity index (χ4v) is 3.09. The number of pyridine rings is 2. The lowest BCUT2D eigenvalue weighted by molar-refractivity contribution is 0.398. The first-order valence-corrected chi connectivity index (χ1v) is 9.41. The van der Waals surface area contributed by atoms with Gasteiger partial charge < -0.3 is 10.5 Å². The second-order valence-electron chi connectivity index (χ2n) is 7.03. The van der Waals surface area contributed by atoms with Gasteiger partial charge in [0.1, 0.15) is 5.82 Å². The molecule has 0 spiro atoms. The Morgan fingerprint density at radius 3 is 2.63 bits per heavy atom. The molecule has 4 aromatic rings. The number of hydrogen-bond donors (Lipinski definition) is 1. The van der Waals surface area contributed by atoms with Crippen LogP contribution in [0.5, 0.6) is 5.88 Å². The minimum Gasteiger partial charge on any atom is -0.481 e. The normalized spacial score (nSPS) is 11.3. The number of aryl methyl sites for hydroxylation is 1. The third kappa shape index (κ3) is 3.65. The number of aromatic nitrogens is 5. The average molecular weight is 398 g/mol. The average Bonchev–Trinajstić information content (AvgIpc) is 3.18. The summed E-state index contributed by atoms with van der Waals surface area (Å²) in [7, 11) is 1.58. The molecular formula is C23H22N6O. The van der Waals surface area contributed by atoms with Crippen molar-refractivity contribution in [2.24, 2.45) is 0 Å². The van der Waals surface area contributed by atoms with Crippen molar-refractivity contribution in [3.63, 3.8) is 0 Å². The molecule has 0 saturated carbocycles. The Morgan fingerprint density at radius 2 is 1.93 bits per heavy atom. The molecular weight excluding hydrogens is 376 g/mol. The first-order valence-electron chi connectivity index (χ1n) is 9.41. The Labute approximate surface area is 174 Å². The van der Waals surface area contributed by atoms with Crippen LogP contribution in [0.4, 0.5) is 5.82 Å². The number of nitrogen functional groups attached to an aromatic ring is 1. The summed E-state index contributed by atoms with van der Waals surface area (Å²) in [5.74, 6) is 1.03. The Bertz CT molecular complexity index is 1270. The van der Waals surface area contributed by atoms with E-state index < -0.39 is 0 Å². The number of ether oxygens (including phenoxy) is 1. The molecule has 7 nitrogen and oxygen atoms in total. The van der Waals surface area contributed by atoms with Crippen molar-refractivity contribution >= 4 is 17.5 Å². The minimum atomic E-state index is 0.486. The summed E-state index contributed by atoms with van der Waals surface area (Å²) in [5, 5.41) is 4.42. The van der Waals surface area contributed by atoms with E-state index in [0.717, 1.165) is 33.5 Å². The second-order valence-corrected chi connectivity index (χ2v) is 7.03. The molecule has 0 atom stereocenters. The van der Waals surface area contributed by atoms with Crippen molar-refractivity contribution in [1.29, 1.82) is 0 Å². The van der Waals surface area contributed by atoms with Gasteiger partial charge in [0.25, 0.3) is 0 Å². The van der Waals surface area contributed by atoms with Crippen molar-refractivity contribution in [1.82, 2.24) is 24.6 Å². The largest absolute Gasteiger partial charge is 0.481 e. The van der Waals surface area contributed by atoms with Crippen LogP contribution >= 0.6 is 0 Å². The lowest BCUT2D eigenvalue weighted by atomic mass is 10.1. The smallest absolute Gasteiger partial charge is 0.212 e. The van der Waals surface area contributed by atoms with Gasteiger partial charge in [0, 0.05) is 46.9 Å². The third-order valence-corrected chi connectivity index (χ3v) is 4.73. The Hall–Kier alpha value is -4.00. The van der Waals surface area contributed by atoms with E-state index >= 15 is 0 Å². The highest BCUT2D eigenvalue weighted by Gasteiger charge is 2.14. The molecule has 0 amide bonds. The minimum absolute atomic E-state index is 0.486. The zero-order valence-corrected chi connectivity index (χ0v) is 17.1. The van der Waals surface area contributed by atoms with Crippen LogP contribution in [0, 0.1) is 6.92 Å². The first-order chi connectivity index (χ1) is 14.5. The zero-order chi connectivity index (χ0) is 21.3. The fourth-order valence-electron chi connectivity index (χ4n) is 3.09. The Balaban J connectivity index is 1.83. The van der Waals surface area contributed by atoms with Gasteiger partial charge in [0.2, 0.25) is 5.88 Å². The maximum Gasteiger partial charge on any atom is 0.212 e. The van der Waals surface area contributed by atoms with Crippen LogP contribution in [0.25, 0.3) is 34.1 Å². The van der Waals surface area contributed by atoms with E-state index in [1.165, 1.54) is 0 Å². The van der Waals surface area contributed by atoms with Crippen molar-refractivity contribution in [3.8, 4) is 28.3 Å². The molecule has 0 fully saturated rings. The van der Waals surface area contributed by atoms with Crippen LogP contribution < -0.4 is 10.5 Å². The molecule has 2 N–H and O–H groups in total. The van der Waals surface area contributed by atoms with Gasteiger partial charge >= 0.3 is 0 Å². The fraction of sp³-hybridized carbons (Fsp3) is 0.130. The quantitative estimate of drug-likeness (QED) is 0.503. The van der Waals surface area contributed by atoms with Crippen molar-refractivity contribution in [2.45, 2.75) is 13.8 Å². The molecule has 0 radical (unpaired) electrons. The van der Waals surface area contributed by atoms with Gasteiger partial charge in [0.15, 0.2) is 5.65 Å². The number of methoxy groups -OCH3 is 1. The predicted octanol–water partition coefficient (Wildman–Crippen LogP) is 4.34. The Kier molecular flexibility index (Phi) is 5.02. The highest BCUT2D eigenvalue weighted by molar-refractivity contribution is 5.81. The van der Waals surface area contributed by atoms with Crippen molar-refractivity contribution < 1.29 is 4.74 Å². The van der Waals surface area contributed by atoms with Gasteiger partial charge in [-0.05, 0) is 31.5 Å². The second kappa shape index (κ2) is 7.79. The van der Waals surface area contributed by atoms with Gasteiger partial charge in [-0.2, -0.15) is 9.61 Å². The molecule has 4 heterocycles. The van der Waals surface area contributed by atoms with Crippen molar-refractivity contribution in [3.05, 3.63) is 72.3 Å². The summed E-state index contributed by atoms with van der Waals surface area (Å²) < 4.78 is 6.75. The standard InChI is InChI=1S/C23H22N6O/c1-14(2)5-6-16-9-18(12-25-15(16)3)19-13-27-29-21(24)10-20(28-23(19)29)17-7-8-22(30-4)26-11-17/h5-13H,1,24H2,2-4H3. The van der Waals surface area contributed by atoms with E-state index in [1.54, 1.807) is 36.2 Å². The van der Waals surface area contributed by atoms with E-state index in [-0.39, 0.29) is 0 Å². The molecule has 0 saturated heterocycles. The molecule has 150 valence electrons. The van der Waals surface area contributed by atoms with Crippen molar-refractivity contribution in [2.75, 3.05) is 12.8 Å². The lowest BCUT2D eigenvalue weighted by Gasteiger charge is -2.07. The van der Waals surface area contributed by atoms with Crippen LogP contribution in [0.2, 0.25) is 0 Å². The van der Waals surface area contributed by atoms with Crippen LogP contribution in [0.3, 0.4) is 0 Å². The van der Waals surface area contributed by atoms with E-state index in [4.69, 9.17) is 15.5 Å². The molecule has 30 heavy (non-hydrogen) atoms. The monoisotopic (exact) mass is 398 g/mol. The molecule has 0 aliphatic carbocycles.